The van der Waals surface area contributed by atoms with Gasteiger partial charge in [-0.05, 0) is 30.2 Å². The fraction of sp³-hybridized carbons (Fsp3) is 0.333. The molecule has 2 aromatic rings. The number of aliphatic hydroxyl groups excluding tert-OH is 1. The Morgan fingerprint density at radius 3 is 2.68 bits per heavy atom. The standard InChI is InChI=1S/C15H19N3O4/c1-22-12-4-2-11(3-5-12)10-14(16-15(20)21)13-6-7-18(17-13)8-9-19/h2-7,14,16,19H,8-10H2,1H3,(H,20,21)/t14-/m0/s1. The lowest BCUT2D eigenvalue weighted by Gasteiger charge is -2.15. The Bertz CT molecular complexity index is 610. The van der Waals surface area contributed by atoms with E-state index in [1.165, 1.54) is 0 Å². The van der Waals surface area contributed by atoms with Gasteiger partial charge in [-0.1, -0.05) is 12.1 Å². The van der Waals surface area contributed by atoms with Crippen LogP contribution >= 0.6 is 0 Å². The number of benzene rings is 1. The molecule has 7 nitrogen and oxygen atoms in total. The van der Waals surface area contributed by atoms with Crippen molar-refractivity contribution in [2.45, 2.75) is 19.0 Å². The van der Waals surface area contributed by atoms with E-state index >= 15 is 0 Å². The number of nitrogens with one attached hydrogen (secondary N) is 1. The van der Waals surface area contributed by atoms with E-state index in [0.717, 1.165) is 11.3 Å². The third kappa shape index (κ3) is 4.23. The van der Waals surface area contributed by atoms with Crippen LogP contribution in [0.3, 0.4) is 0 Å². The molecule has 1 heterocycles. The SMILES string of the molecule is COc1ccc(C[C@H](NC(=O)O)c2ccn(CCO)n2)cc1. The lowest BCUT2D eigenvalue weighted by atomic mass is 10.0. The molecule has 1 atom stereocenters. The number of ether oxygens (including phenoxy) is 1. The Morgan fingerprint density at radius 1 is 1.36 bits per heavy atom. The largest absolute Gasteiger partial charge is 0.497 e. The molecule has 1 amide bonds. The summed E-state index contributed by atoms with van der Waals surface area (Å²) in [5.74, 6) is 0.749. The van der Waals surface area contributed by atoms with Gasteiger partial charge in [0.1, 0.15) is 5.75 Å². The molecule has 118 valence electrons. The number of aliphatic hydroxyl groups is 1. The average molecular weight is 305 g/mol. The topological polar surface area (TPSA) is 96.6 Å². The van der Waals surface area contributed by atoms with Gasteiger partial charge in [0.05, 0.1) is 32.0 Å². The summed E-state index contributed by atoms with van der Waals surface area (Å²) < 4.78 is 6.69. The van der Waals surface area contributed by atoms with Crippen molar-refractivity contribution < 1.29 is 19.7 Å². The highest BCUT2D eigenvalue weighted by molar-refractivity contribution is 5.65. The first-order valence-corrected chi connectivity index (χ1v) is 6.89. The molecule has 0 saturated carbocycles. The van der Waals surface area contributed by atoms with E-state index in [-0.39, 0.29) is 6.61 Å². The summed E-state index contributed by atoms with van der Waals surface area (Å²) in [6.07, 6.45) is 1.10. The van der Waals surface area contributed by atoms with Crippen LogP contribution in [0, 0.1) is 0 Å². The van der Waals surface area contributed by atoms with Gasteiger partial charge in [0.15, 0.2) is 0 Å². The Hall–Kier alpha value is -2.54. The number of aromatic nitrogens is 2. The van der Waals surface area contributed by atoms with Gasteiger partial charge in [-0.3, -0.25) is 4.68 Å². The second-order valence-electron chi connectivity index (χ2n) is 4.78. The number of nitrogens with zero attached hydrogens (tertiary/aromatic N) is 2. The fourth-order valence-electron chi connectivity index (χ4n) is 2.17. The van der Waals surface area contributed by atoms with Crippen LogP contribution in [-0.4, -0.2) is 39.8 Å². The van der Waals surface area contributed by atoms with Crippen molar-refractivity contribution in [1.29, 1.82) is 0 Å². The predicted octanol–water partition coefficient (Wildman–Crippen LogP) is 1.44. The third-order valence-electron chi connectivity index (χ3n) is 3.24. The Morgan fingerprint density at radius 2 is 2.09 bits per heavy atom. The van der Waals surface area contributed by atoms with Gasteiger partial charge in [0.2, 0.25) is 0 Å². The maximum absolute atomic E-state index is 11.0. The van der Waals surface area contributed by atoms with E-state index < -0.39 is 12.1 Å². The number of methoxy groups -OCH3 is 1. The second kappa shape index (κ2) is 7.46. The first kappa shape index (κ1) is 15.8. The summed E-state index contributed by atoms with van der Waals surface area (Å²) in [4.78, 5) is 11.0. The molecular weight excluding hydrogens is 286 g/mol. The summed E-state index contributed by atoms with van der Waals surface area (Å²) in [5.41, 5.74) is 1.59. The Balaban J connectivity index is 2.15. The zero-order valence-electron chi connectivity index (χ0n) is 12.3. The number of carbonyl (C=O) groups is 1. The van der Waals surface area contributed by atoms with Crippen LogP contribution in [0.1, 0.15) is 17.3 Å². The summed E-state index contributed by atoms with van der Waals surface area (Å²) in [5, 5.41) is 24.7. The van der Waals surface area contributed by atoms with E-state index in [0.29, 0.717) is 18.7 Å². The molecule has 0 bridgehead atoms. The smallest absolute Gasteiger partial charge is 0.405 e. The minimum absolute atomic E-state index is 0.0172. The zero-order valence-corrected chi connectivity index (χ0v) is 12.3. The molecule has 1 aromatic heterocycles. The van der Waals surface area contributed by atoms with Crippen LogP contribution in [0.2, 0.25) is 0 Å². The van der Waals surface area contributed by atoms with Crippen LogP contribution in [-0.2, 0) is 13.0 Å². The van der Waals surface area contributed by atoms with Gasteiger partial charge in [-0.15, -0.1) is 0 Å². The van der Waals surface area contributed by atoms with Gasteiger partial charge < -0.3 is 20.3 Å². The molecule has 0 aliphatic rings. The third-order valence-corrected chi connectivity index (χ3v) is 3.24. The van der Waals surface area contributed by atoms with E-state index in [1.807, 2.05) is 24.3 Å². The number of hydrogen-bond donors (Lipinski definition) is 3. The molecule has 0 fully saturated rings. The normalized spacial score (nSPS) is 11.9. The van der Waals surface area contributed by atoms with Gasteiger partial charge >= 0.3 is 6.09 Å². The molecule has 0 unspecified atom stereocenters. The molecule has 22 heavy (non-hydrogen) atoms. The second-order valence-corrected chi connectivity index (χ2v) is 4.78. The number of amides is 1. The highest BCUT2D eigenvalue weighted by atomic mass is 16.5. The molecule has 0 saturated heterocycles. The monoisotopic (exact) mass is 305 g/mol. The first-order valence-electron chi connectivity index (χ1n) is 6.89. The maximum Gasteiger partial charge on any atom is 0.405 e. The molecule has 3 N–H and O–H groups in total. The molecule has 0 spiro atoms. The summed E-state index contributed by atoms with van der Waals surface area (Å²) in [6.45, 7) is 0.360. The number of hydrogen-bond acceptors (Lipinski definition) is 4. The average Bonchev–Trinajstić information content (AvgIpc) is 2.96. The number of carboxylic acid groups (broad SMARTS) is 1. The van der Waals surface area contributed by atoms with Crippen LogP contribution in [0.25, 0.3) is 0 Å². The minimum atomic E-state index is -1.10. The highest BCUT2D eigenvalue weighted by Gasteiger charge is 2.17. The van der Waals surface area contributed by atoms with Crippen LogP contribution in [0.4, 0.5) is 4.79 Å². The fourth-order valence-corrected chi connectivity index (χ4v) is 2.17. The number of rotatable bonds is 7. The van der Waals surface area contributed by atoms with Crippen LogP contribution < -0.4 is 10.1 Å². The summed E-state index contributed by atoms with van der Waals surface area (Å²) >= 11 is 0. The van der Waals surface area contributed by atoms with Crippen molar-refractivity contribution in [2.75, 3.05) is 13.7 Å². The van der Waals surface area contributed by atoms with Crippen molar-refractivity contribution in [3.05, 3.63) is 47.8 Å². The lowest BCUT2D eigenvalue weighted by molar-refractivity contribution is 0.189. The molecule has 0 radical (unpaired) electrons. The Labute approximate surface area is 128 Å². The van der Waals surface area contributed by atoms with Crippen molar-refractivity contribution in [3.63, 3.8) is 0 Å². The van der Waals surface area contributed by atoms with E-state index in [2.05, 4.69) is 10.4 Å². The van der Waals surface area contributed by atoms with Crippen molar-refractivity contribution >= 4 is 6.09 Å². The van der Waals surface area contributed by atoms with E-state index in [9.17, 15) is 4.79 Å². The molecule has 0 aliphatic heterocycles. The molecular formula is C15H19N3O4. The molecule has 1 aromatic carbocycles. The van der Waals surface area contributed by atoms with E-state index in [1.54, 1.807) is 24.1 Å². The summed E-state index contributed by atoms with van der Waals surface area (Å²) in [6, 6.07) is 8.74. The van der Waals surface area contributed by atoms with Crippen molar-refractivity contribution in [1.82, 2.24) is 15.1 Å². The van der Waals surface area contributed by atoms with Gasteiger partial charge in [-0.25, -0.2) is 4.79 Å². The van der Waals surface area contributed by atoms with Gasteiger partial charge in [0.25, 0.3) is 0 Å². The zero-order chi connectivity index (χ0) is 15.9. The highest BCUT2D eigenvalue weighted by Crippen LogP contribution is 2.19. The lowest BCUT2D eigenvalue weighted by Crippen LogP contribution is -2.28. The summed E-state index contributed by atoms with van der Waals surface area (Å²) in [7, 11) is 1.59. The van der Waals surface area contributed by atoms with E-state index in [4.69, 9.17) is 14.9 Å². The predicted molar refractivity (Wildman–Crippen MR) is 79.9 cm³/mol. The first-order chi connectivity index (χ1) is 10.6. The van der Waals surface area contributed by atoms with Gasteiger partial charge in [0, 0.05) is 6.20 Å². The quantitative estimate of drug-likeness (QED) is 0.719. The maximum atomic E-state index is 11.0. The van der Waals surface area contributed by atoms with Crippen LogP contribution in [0.5, 0.6) is 5.75 Å². The Kier molecular flexibility index (Phi) is 5.37. The molecule has 7 heteroatoms. The van der Waals surface area contributed by atoms with Gasteiger partial charge in [-0.2, -0.15) is 5.10 Å². The molecule has 0 aliphatic carbocycles. The minimum Gasteiger partial charge on any atom is -0.497 e. The van der Waals surface area contributed by atoms with Crippen molar-refractivity contribution in [2.24, 2.45) is 0 Å². The van der Waals surface area contributed by atoms with Crippen LogP contribution in [0.15, 0.2) is 36.5 Å². The molecule has 2 rings (SSSR count). The van der Waals surface area contributed by atoms with Crippen molar-refractivity contribution in [3.8, 4) is 5.75 Å².